The minimum Gasteiger partial charge on any atom is -0.339 e. The van der Waals surface area contributed by atoms with Crippen LogP contribution in [0.1, 0.15) is 12.3 Å². The molecule has 2 aromatic rings. The maximum Gasteiger partial charge on any atom is 0.238 e. The molecule has 0 amide bonds. The van der Waals surface area contributed by atoms with Gasteiger partial charge in [0.25, 0.3) is 0 Å². The van der Waals surface area contributed by atoms with Crippen LogP contribution in [0.25, 0.3) is 11.6 Å². The Hall–Kier alpha value is -1.69. The predicted molar refractivity (Wildman–Crippen MR) is 61.2 cm³/mol. The maximum atomic E-state index is 5.26. The maximum absolute atomic E-state index is 5.26. The lowest BCUT2D eigenvalue weighted by molar-refractivity contribution is 0.357. The number of nitrogens with zero attached hydrogens (tertiary/aromatic N) is 4. The topological polar surface area (TPSA) is 68.8 Å². The Morgan fingerprint density at radius 1 is 1.59 bits per heavy atom. The van der Waals surface area contributed by atoms with E-state index in [1.165, 1.54) is 6.42 Å². The molecule has 0 spiro atoms. The number of nitrogens with one attached hydrogen (secondary N) is 1. The summed E-state index contributed by atoms with van der Waals surface area (Å²) in [6.07, 6.45) is 5.63. The van der Waals surface area contributed by atoms with Gasteiger partial charge < -0.3 is 14.4 Å². The van der Waals surface area contributed by atoms with Crippen molar-refractivity contribution >= 4 is 0 Å². The standard InChI is InChI=1S/C11H15N5O/c1-16-5-4-13-11(16)10-14-9(17-15-10)6-8-2-3-12-7-8/h4-5,8,12H,2-3,6-7H2,1H3. The van der Waals surface area contributed by atoms with Gasteiger partial charge in [-0.05, 0) is 25.4 Å². The van der Waals surface area contributed by atoms with E-state index in [4.69, 9.17) is 4.52 Å². The minimum atomic E-state index is 0.568. The van der Waals surface area contributed by atoms with Gasteiger partial charge in [-0.25, -0.2) is 4.98 Å². The van der Waals surface area contributed by atoms with E-state index >= 15 is 0 Å². The van der Waals surface area contributed by atoms with Crippen LogP contribution in [0, 0.1) is 5.92 Å². The van der Waals surface area contributed by atoms with Crippen molar-refractivity contribution < 1.29 is 4.52 Å². The van der Waals surface area contributed by atoms with Gasteiger partial charge in [-0.1, -0.05) is 5.16 Å². The largest absolute Gasteiger partial charge is 0.339 e. The minimum absolute atomic E-state index is 0.568. The molecule has 3 rings (SSSR count). The quantitative estimate of drug-likeness (QED) is 0.841. The van der Waals surface area contributed by atoms with Crippen LogP contribution in [0.2, 0.25) is 0 Å². The van der Waals surface area contributed by atoms with Crippen molar-refractivity contribution in [1.82, 2.24) is 25.0 Å². The van der Waals surface area contributed by atoms with Crippen LogP contribution in [0.3, 0.4) is 0 Å². The first-order valence-corrected chi connectivity index (χ1v) is 5.84. The Kier molecular flexibility index (Phi) is 2.64. The molecule has 1 aliphatic rings. The molecule has 0 aromatic carbocycles. The lowest BCUT2D eigenvalue weighted by atomic mass is 10.1. The summed E-state index contributed by atoms with van der Waals surface area (Å²) in [5.74, 6) is 2.63. The van der Waals surface area contributed by atoms with Gasteiger partial charge in [0.1, 0.15) is 0 Å². The van der Waals surface area contributed by atoms with E-state index < -0.39 is 0 Å². The third kappa shape index (κ3) is 2.08. The van der Waals surface area contributed by atoms with Crippen LogP contribution in [-0.4, -0.2) is 32.8 Å². The summed E-state index contributed by atoms with van der Waals surface area (Å²) in [6.45, 7) is 2.13. The Morgan fingerprint density at radius 2 is 2.53 bits per heavy atom. The number of aryl methyl sites for hydroxylation is 1. The third-order valence-electron chi connectivity index (χ3n) is 3.11. The van der Waals surface area contributed by atoms with E-state index in [1.807, 2.05) is 17.8 Å². The van der Waals surface area contributed by atoms with E-state index in [9.17, 15) is 0 Å². The van der Waals surface area contributed by atoms with Crippen molar-refractivity contribution in [3.8, 4) is 11.6 Å². The van der Waals surface area contributed by atoms with Crippen LogP contribution in [0.4, 0.5) is 0 Å². The number of rotatable bonds is 3. The molecular weight excluding hydrogens is 218 g/mol. The highest BCUT2D eigenvalue weighted by Gasteiger charge is 2.19. The molecule has 3 heterocycles. The van der Waals surface area contributed by atoms with Gasteiger partial charge in [-0.3, -0.25) is 0 Å². The van der Waals surface area contributed by atoms with Crippen molar-refractivity contribution in [3.63, 3.8) is 0 Å². The highest BCUT2D eigenvalue weighted by atomic mass is 16.5. The smallest absolute Gasteiger partial charge is 0.238 e. The fraction of sp³-hybridized carbons (Fsp3) is 0.545. The molecule has 1 atom stereocenters. The van der Waals surface area contributed by atoms with Crippen molar-refractivity contribution in [1.29, 1.82) is 0 Å². The molecule has 2 aromatic heterocycles. The summed E-state index contributed by atoms with van der Waals surface area (Å²) in [7, 11) is 1.92. The van der Waals surface area contributed by atoms with Crippen molar-refractivity contribution in [2.24, 2.45) is 13.0 Å². The molecule has 17 heavy (non-hydrogen) atoms. The first-order chi connectivity index (χ1) is 8.33. The molecule has 90 valence electrons. The number of aromatic nitrogens is 4. The predicted octanol–water partition coefficient (Wildman–Crippen LogP) is 0.622. The van der Waals surface area contributed by atoms with Gasteiger partial charge in [-0.15, -0.1) is 0 Å². The molecule has 1 saturated heterocycles. The van der Waals surface area contributed by atoms with Crippen LogP contribution in [0.5, 0.6) is 0 Å². The summed E-state index contributed by atoms with van der Waals surface area (Å²) in [5, 5.41) is 7.30. The Morgan fingerprint density at radius 3 is 3.24 bits per heavy atom. The SMILES string of the molecule is Cn1ccnc1-c1noc(CC2CCNC2)n1. The van der Waals surface area contributed by atoms with E-state index in [0.717, 1.165) is 25.3 Å². The molecule has 0 aliphatic carbocycles. The molecule has 0 radical (unpaired) electrons. The van der Waals surface area contributed by atoms with Gasteiger partial charge in [0.2, 0.25) is 11.7 Å². The normalized spacial score (nSPS) is 19.9. The van der Waals surface area contributed by atoms with Crippen molar-refractivity contribution in [2.45, 2.75) is 12.8 Å². The summed E-state index contributed by atoms with van der Waals surface area (Å²) in [5.41, 5.74) is 0. The molecule has 0 bridgehead atoms. The average molecular weight is 233 g/mol. The van der Waals surface area contributed by atoms with Gasteiger partial charge in [0.05, 0.1) is 0 Å². The van der Waals surface area contributed by atoms with Crippen molar-refractivity contribution in [3.05, 3.63) is 18.3 Å². The zero-order chi connectivity index (χ0) is 11.7. The second-order valence-corrected chi connectivity index (χ2v) is 4.44. The molecule has 1 unspecified atom stereocenters. The highest BCUT2D eigenvalue weighted by Crippen LogP contribution is 2.17. The molecule has 6 heteroatoms. The molecule has 1 fully saturated rings. The third-order valence-corrected chi connectivity index (χ3v) is 3.11. The summed E-state index contributed by atoms with van der Waals surface area (Å²) in [4.78, 5) is 8.58. The fourth-order valence-corrected chi connectivity index (χ4v) is 2.15. The Balaban J connectivity index is 1.76. The van der Waals surface area contributed by atoms with E-state index in [2.05, 4.69) is 20.4 Å². The van der Waals surface area contributed by atoms with Gasteiger partial charge in [0, 0.05) is 25.9 Å². The van der Waals surface area contributed by atoms with E-state index in [1.54, 1.807) is 6.20 Å². The zero-order valence-electron chi connectivity index (χ0n) is 9.76. The van der Waals surface area contributed by atoms with Gasteiger partial charge >= 0.3 is 0 Å². The number of imidazole rings is 1. The Bertz CT molecular complexity index is 497. The summed E-state index contributed by atoms with van der Waals surface area (Å²) >= 11 is 0. The molecule has 0 saturated carbocycles. The molecule has 1 aliphatic heterocycles. The first-order valence-electron chi connectivity index (χ1n) is 5.84. The fourth-order valence-electron chi connectivity index (χ4n) is 2.15. The highest BCUT2D eigenvalue weighted by molar-refractivity contribution is 5.42. The van der Waals surface area contributed by atoms with E-state index in [0.29, 0.717) is 17.6 Å². The second kappa shape index (κ2) is 4.29. The zero-order valence-corrected chi connectivity index (χ0v) is 9.76. The van der Waals surface area contributed by atoms with Crippen molar-refractivity contribution in [2.75, 3.05) is 13.1 Å². The molecule has 6 nitrogen and oxygen atoms in total. The van der Waals surface area contributed by atoms with Crippen LogP contribution in [-0.2, 0) is 13.5 Å². The summed E-state index contributed by atoms with van der Waals surface area (Å²) < 4.78 is 7.14. The monoisotopic (exact) mass is 233 g/mol. The number of hydrogen-bond acceptors (Lipinski definition) is 5. The van der Waals surface area contributed by atoms with Gasteiger partial charge in [0.15, 0.2) is 5.82 Å². The summed E-state index contributed by atoms with van der Waals surface area (Å²) in [6, 6.07) is 0. The van der Waals surface area contributed by atoms with E-state index in [-0.39, 0.29) is 0 Å². The van der Waals surface area contributed by atoms with Crippen LogP contribution >= 0.6 is 0 Å². The lowest BCUT2D eigenvalue weighted by Crippen LogP contribution is -2.10. The molecular formula is C11H15N5O. The Labute approximate surface area is 99.0 Å². The number of hydrogen-bond donors (Lipinski definition) is 1. The second-order valence-electron chi connectivity index (χ2n) is 4.44. The average Bonchev–Trinajstić information content (AvgIpc) is 3.00. The van der Waals surface area contributed by atoms with Crippen LogP contribution in [0.15, 0.2) is 16.9 Å². The van der Waals surface area contributed by atoms with Crippen LogP contribution < -0.4 is 5.32 Å². The van der Waals surface area contributed by atoms with Gasteiger partial charge in [-0.2, -0.15) is 4.98 Å². The first kappa shape index (κ1) is 10.5. The lowest BCUT2D eigenvalue weighted by Gasteiger charge is -2.01. The molecule has 1 N–H and O–H groups in total.